The van der Waals surface area contributed by atoms with E-state index in [1.165, 1.54) is 32.1 Å². The molecule has 1 aliphatic carbocycles. The van der Waals surface area contributed by atoms with Crippen LogP contribution >= 0.6 is 0 Å². The van der Waals surface area contributed by atoms with Crippen LogP contribution in [0.3, 0.4) is 0 Å². The lowest BCUT2D eigenvalue weighted by Gasteiger charge is -2.27. The van der Waals surface area contributed by atoms with Crippen molar-refractivity contribution in [2.24, 2.45) is 11.7 Å². The van der Waals surface area contributed by atoms with E-state index >= 15 is 0 Å². The van der Waals surface area contributed by atoms with Gasteiger partial charge in [-0.3, -0.25) is 0 Å². The second-order valence-electron chi connectivity index (χ2n) is 5.42. The summed E-state index contributed by atoms with van der Waals surface area (Å²) >= 11 is 0. The molecule has 1 saturated carbocycles. The molecule has 1 aliphatic rings. The molecule has 112 valence electrons. The van der Waals surface area contributed by atoms with Crippen LogP contribution in [0.15, 0.2) is 18.2 Å². The van der Waals surface area contributed by atoms with Gasteiger partial charge >= 0.3 is 0 Å². The van der Waals surface area contributed by atoms with Crippen molar-refractivity contribution in [2.75, 3.05) is 20.8 Å². The van der Waals surface area contributed by atoms with Gasteiger partial charge in [-0.2, -0.15) is 0 Å². The SMILES string of the molecule is COc1cc(OC)cc(OCC(N)C2CCCCC2)c1. The quantitative estimate of drug-likeness (QED) is 0.869. The van der Waals surface area contributed by atoms with E-state index < -0.39 is 0 Å². The van der Waals surface area contributed by atoms with Crippen LogP contribution in [0.4, 0.5) is 0 Å². The van der Waals surface area contributed by atoms with E-state index in [9.17, 15) is 0 Å². The van der Waals surface area contributed by atoms with Gasteiger partial charge in [0.2, 0.25) is 0 Å². The van der Waals surface area contributed by atoms with Gasteiger partial charge in [-0.05, 0) is 18.8 Å². The summed E-state index contributed by atoms with van der Waals surface area (Å²) in [6.07, 6.45) is 6.39. The number of rotatable bonds is 6. The molecule has 0 bridgehead atoms. The molecule has 20 heavy (non-hydrogen) atoms. The summed E-state index contributed by atoms with van der Waals surface area (Å²) in [6.45, 7) is 0.543. The Labute approximate surface area is 121 Å². The molecule has 0 aromatic heterocycles. The standard InChI is InChI=1S/C16H25NO3/c1-18-13-8-14(19-2)10-15(9-13)20-11-16(17)12-6-4-3-5-7-12/h8-10,12,16H,3-7,11,17H2,1-2H3. The van der Waals surface area contributed by atoms with E-state index in [0.717, 1.165) is 17.2 Å². The van der Waals surface area contributed by atoms with Crippen LogP contribution in [-0.2, 0) is 0 Å². The Morgan fingerprint density at radius 1 is 1.00 bits per heavy atom. The van der Waals surface area contributed by atoms with Crippen molar-refractivity contribution in [3.63, 3.8) is 0 Å². The van der Waals surface area contributed by atoms with Crippen LogP contribution in [0.5, 0.6) is 17.2 Å². The number of ether oxygens (including phenoxy) is 3. The molecule has 0 heterocycles. The molecule has 1 unspecified atom stereocenters. The highest BCUT2D eigenvalue weighted by atomic mass is 16.5. The smallest absolute Gasteiger partial charge is 0.126 e. The molecule has 1 fully saturated rings. The van der Waals surface area contributed by atoms with E-state index in [-0.39, 0.29) is 6.04 Å². The van der Waals surface area contributed by atoms with Crippen LogP contribution in [0.2, 0.25) is 0 Å². The average molecular weight is 279 g/mol. The fourth-order valence-electron chi connectivity index (χ4n) is 2.76. The maximum absolute atomic E-state index is 6.25. The summed E-state index contributed by atoms with van der Waals surface area (Å²) in [4.78, 5) is 0. The number of hydrogen-bond donors (Lipinski definition) is 1. The Kier molecular flexibility index (Phi) is 5.53. The average Bonchev–Trinajstić information content (AvgIpc) is 2.53. The lowest BCUT2D eigenvalue weighted by molar-refractivity contribution is 0.213. The van der Waals surface area contributed by atoms with E-state index in [2.05, 4.69) is 0 Å². The Balaban J connectivity index is 1.92. The summed E-state index contributed by atoms with van der Waals surface area (Å²) in [5, 5.41) is 0. The molecule has 0 aliphatic heterocycles. The number of hydrogen-bond acceptors (Lipinski definition) is 4. The largest absolute Gasteiger partial charge is 0.496 e. The van der Waals surface area contributed by atoms with Crippen LogP contribution in [0.25, 0.3) is 0 Å². The van der Waals surface area contributed by atoms with Crippen LogP contribution in [-0.4, -0.2) is 26.9 Å². The minimum atomic E-state index is 0.104. The fraction of sp³-hybridized carbons (Fsp3) is 0.625. The molecule has 4 heteroatoms. The molecular formula is C16H25NO3. The van der Waals surface area contributed by atoms with Crippen molar-refractivity contribution in [3.8, 4) is 17.2 Å². The Morgan fingerprint density at radius 2 is 1.55 bits per heavy atom. The zero-order valence-corrected chi connectivity index (χ0v) is 12.4. The Bertz CT molecular complexity index is 394. The van der Waals surface area contributed by atoms with Gasteiger partial charge in [0.1, 0.15) is 23.9 Å². The molecule has 2 rings (SSSR count). The topological polar surface area (TPSA) is 53.7 Å². The molecule has 1 aromatic rings. The number of methoxy groups -OCH3 is 2. The summed E-state index contributed by atoms with van der Waals surface area (Å²) in [7, 11) is 3.26. The minimum absolute atomic E-state index is 0.104. The van der Waals surface area contributed by atoms with Gasteiger partial charge in [-0.15, -0.1) is 0 Å². The zero-order chi connectivity index (χ0) is 14.4. The molecule has 1 atom stereocenters. The first kappa shape index (κ1) is 15.0. The maximum atomic E-state index is 6.25. The molecule has 0 radical (unpaired) electrons. The first-order chi connectivity index (χ1) is 9.72. The highest BCUT2D eigenvalue weighted by Gasteiger charge is 2.21. The van der Waals surface area contributed by atoms with E-state index in [1.54, 1.807) is 14.2 Å². The minimum Gasteiger partial charge on any atom is -0.496 e. The molecular weight excluding hydrogens is 254 g/mol. The molecule has 1 aromatic carbocycles. The third-order valence-corrected chi connectivity index (χ3v) is 4.02. The van der Waals surface area contributed by atoms with Gasteiger partial charge in [0.15, 0.2) is 0 Å². The maximum Gasteiger partial charge on any atom is 0.126 e. The predicted octanol–water partition coefficient (Wildman–Crippen LogP) is 2.99. The van der Waals surface area contributed by atoms with Crippen molar-refractivity contribution in [1.29, 1.82) is 0 Å². The third kappa shape index (κ3) is 4.04. The highest BCUT2D eigenvalue weighted by molar-refractivity contribution is 5.42. The summed E-state index contributed by atoms with van der Waals surface area (Å²) in [5.74, 6) is 2.79. The van der Waals surface area contributed by atoms with Crippen molar-refractivity contribution < 1.29 is 14.2 Å². The monoisotopic (exact) mass is 279 g/mol. The molecule has 2 N–H and O–H groups in total. The first-order valence-corrected chi connectivity index (χ1v) is 7.34. The van der Waals surface area contributed by atoms with Crippen LogP contribution in [0, 0.1) is 5.92 Å². The normalized spacial score (nSPS) is 17.6. The van der Waals surface area contributed by atoms with Gasteiger partial charge in [-0.25, -0.2) is 0 Å². The van der Waals surface area contributed by atoms with Gasteiger partial charge in [0.05, 0.1) is 14.2 Å². The number of benzene rings is 1. The van der Waals surface area contributed by atoms with E-state index in [1.807, 2.05) is 18.2 Å². The zero-order valence-electron chi connectivity index (χ0n) is 12.4. The second-order valence-corrected chi connectivity index (χ2v) is 5.42. The molecule has 4 nitrogen and oxygen atoms in total. The van der Waals surface area contributed by atoms with E-state index in [4.69, 9.17) is 19.9 Å². The van der Waals surface area contributed by atoms with Crippen LogP contribution < -0.4 is 19.9 Å². The Morgan fingerprint density at radius 3 is 2.10 bits per heavy atom. The lowest BCUT2D eigenvalue weighted by Crippen LogP contribution is -2.37. The van der Waals surface area contributed by atoms with E-state index in [0.29, 0.717) is 12.5 Å². The Hall–Kier alpha value is -1.42. The van der Waals surface area contributed by atoms with Crippen molar-refractivity contribution >= 4 is 0 Å². The van der Waals surface area contributed by atoms with Crippen molar-refractivity contribution in [1.82, 2.24) is 0 Å². The van der Waals surface area contributed by atoms with Gasteiger partial charge < -0.3 is 19.9 Å². The first-order valence-electron chi connectivity index (χ1n) is 7.34. The lowest BCUT2D eigenvalue weighted by atomic mass is 9.84. The summed E-state index contributed by atoms with van der Waals surface area (Å²) in [6, 6.07) is 5.65. The fourth-order valence-corrected chi connectivity index (χ4v) is 2.76. The van der Waals surface area contributed by atoms with Crippen molar-refractivity contribution in [3.05, 3.63) is 18.2 Å². The molecule has 0 amide bonds. The third-order valence-electron chi connectivity index (χ3n) is 4.02. The summed E-state index contributed by atoms with van der Waals surface area (Å²) in [5.41, 5.74) is 6.25. The van der Waals surface area contributed by atoms with Crippen LogP contribution in [0.1, 0.15) is 32.1 Å². The molecule has 0 spiro atoms. The van der Waals surface area contributed by atoms with Gasteiger partial charge in [0.25, 0.3) is 0 Å². The molecule has 0 saturated heterocycles. The van der Waals surface area contributed by atoms with Crippen molar-refractivity contribution in [2.45, 2.75) is 38.1 Å². The predicted molar refractivity (Wildman–Crippen MR) is 79.6 cm³/mol. The van der Waals surface area contributed by atoms with Gasteiger partial charge in [0, 0.05) is 24.2 Å². The second kappa shape index (κ2) is 7.39. The highest BCUT2D eigenvalue weighted by Crippen LogP contribution is 2.29. The summed E-state index contributed by atoms with van der Waals surface area (Å²) < 4.78 is 16.3. The van der Waals surface area contributed by atoms with Gasteiger partial charge in [-0.1, -0.05) is 19.3 Å². The number of nitrogens with two attached hydrogens (primary N) is 1.